The molecule has 10 nitrogen and oxygen atoms in total. The molecule has 0 heterocycles. The third-order valence-electron chi connectivity index (χ3n) is 4.17. The summed E-state index contributed by atoms with van der Waals surface area (Å²) in [6.45, 7) is 7.93. The van der Waals surface area contributed by atoms with Crippen LogP contribution in [0.5, 0.6) is 0 Å². The molecule has 0 aliphatic heterocycles. The highest BCUT2D eigenvalue weighted by atomic mass is 79.9. The van der Waals surface area contributed by atoms with E-state index in [1.165, 1.54) is 0 Å². The van der Waals surface area contributed by atoms with E-state index in [1.807, 2.05) is 0 Å². The van der Waals surface area contributed by atoms with Gasteiger partial charge in [0.15, 0.2) is 0 Å². The maximum absolute atomic E-state index is 13.3. The summed E-state index contributed by atoms with van der Waals surface area (Å²) in [6.07, 6.45) is 3.23. The predicted molar refractivity (Wildman–Crippen MR) is 170 cm³/mol. The lowest BCUT2D eigenvalue weighted by Crippen LogP contribution is -2.36. The van der Waals surface area contributed by atoms with Gasteiger partial charge in [0.1, 0.15) is 0 Å². The van der Waals surface area contributed by atoms with Crippen LogP contribution >= 0.6 is 103 Å². The molecule has 0 saturated heterocycles. The van der Waals surface area contributed by atoms with E-state index in [2.05, 4.69) is 76.9 Å². The van der Waals surface area contributed by atoms with E-state index in [-0.39, 0.29) is 74.3 Å². The molecule has 0 radical (unpaired) electrons. The zero-order chi connectivity index (χ0) is 29.6. The van der Waals surface area contributed by atoms with Crippen LogP contribution in [0.25, 0.3) is 0 Å². The second-order valence-electron chi connectivity index (χ2n) is 7.69. The third kappa shape index (κ3) is 19.9. The van der Waals surface area contributed by atoms with Gasteiger partial charge in [-0.05, 0) is 0 Å². The van der Waals surface area contributed by atoms with Crippen molar-refractivity contribution in [2.75, 3.05) is 88.5 Å². The molecule has 0 saturated carbocycles. The molecule has 0 aromatic carbocycles. The van der Waals surface area contributed by atoms with Crippen LogP contribution in [0.2, 0.25) is 0 Å². The molecule has 0 rings (SSSR count). The fourth-order valence-corrected chi connectivity index (χ4v) is 7.84. The molecule has 18 heteroatoms. The molecule has 0 fully saturated rings. The van der Waals surface area contributed by atoms with Gasteiger partial charge in [0.25, 0.3) is 0 Å². The molecule has 0 aromatic heterocycles. The molecule has 0 bridgehead atoms. The number of hydrogen-bond donors (Lipinski definition) is 0. The van der Waals surface area contributed by atoms with Gasteiger partial charge in [0.2, 0.25) is 0 Å². The minimum absolute atomic E-state index is 0.0254. The van der Waals surface area contributed by atoms with Crippen molar-refractivity contribution < 1.29 is 45.7 Å². The van der Waals surface area contributed by atoms with E-state index in [9.17, 15) is 9.13 Å². The van der Waals surface area contributed by atoms with Crippen molar-refractivity contribution in [3.63, 3.8) is 0 Å². The molecule has 0 amide bonds. The maximum Gasteiger partial charge on any atom is 0.474 e. The minimum Gasteiger partial charge on any atom is -0.376 e. The smallest absolute Gasteiger partial charge is 0.376 e. The molecule has 4 atom stereocenters. The van der Waals surface area contributed by atoms with Gasteiger partial charge in [-0.15, -0.1) is 36.4 Å². The summed E-state index contributed by atoms with van der Waals surface area (Å²) >= 11 is 25.1. The van der Waals surface area contributed by atoms with E-state index in [0.717, 1.165) is 0 Å². The van der Waals surface area contributed by atoms with Crippen LogP contribution in [0.15, 0.2) is 25.3 Å². The van der Waals surface area contributed by atoms with Gasteiger partial charge in [-0.2, -0.15) is 0 Å². The van der Waals surface area contributed by atoms with Crippen molar-refractivity contribution in [3.8, 4) is 0 Å². The standard InChI is InChI=1S/C21H36Br4Cl2O10P2/c1-3-7-30-11-19(24)13-34-38(28,32-9-5-26)36-17-21(15-22,16-23)18-37-39(29,33-10-6-27)35-14-20(25)12-31-8-4-2/h3-4,19-20H,1-2,5-18H2. The topological polar surface area (TPSA) is 108 Å². The van der Waals surface area contributed by atoms with Crippen LogP contribution in [0, 0.1) is 5.41 Å². The predicted octanol–water partition coefficient (Wildman–Crippen LogP) is 7.49. The Labute approximate surface area is 275 Å². The molecule has 0 spiro atoms. The number of hydrogen-bond acceptors (Lipinski definition) is 10. The highest BCUT2D eigenvalue weighted by Gasteiger charge is 2.39. The van der Waals surface area contributed by atoms with Crippen molar-refractivity contribution in [1.29, 1.82) is 0 Å². The highest BCUT2D eigenvalue weighted by Crippen LogP contribution is 2.53. The normalized spacial score (nSPS) is 16.8. The van der Waals surface area contributed by atoms with Crippen molar-refractivity contribution in [2.24, 2.45) is 5.41 Å². The zero-order valence-electron chi connectivity index (χ0n) is 21.4. The lowest BCUT2D eigenvalue weighted by Gasteiger charge is -2.32. The number of halogens is 6. The average molecular weight is 901 g/mol. The van der Waals surface area contributed by atoms with Crippen LogP contribution in [-0.4, -0.2) is 98.1 Å². The van der Waals surface area contributed by atoms with E-state index in [4.69, 9.17) is 59.8 Å². The summed E-state index contributed by atoms with van der Waals surface area (Å²) in [4.78, 5) is -0.561. The lowest BCUT2D eigenvalue weighted by atomic mass is 9.97. The summed E-state index contributed by atoms with van der Waals surface area (Å²) < 4.78 is 70.3. The Kier molecular flexibility index (Phi) is 25.8. The number of phosphoric acid groups is 2. The summed E-state index contributed by atoms with van der Waals surface area (Å²) in [5.74, 6) is 0.154. The minimum atomic E-state index is -4.04. The van der Waals surface area contributed by atoms with Crippen molar-refractivity contribution in [1.82, 2.24) is 0 Å². The van der Waals surface area contributed by atoms with E-state index >= 15 is 0 Å². The number of phosphoric ester groups is 2. The van der Waals surface area contributed by atoms with Gasteiger partial charge < -0.3 is 9.47 Å². The first-order valence-corrected chi connectivity index (χ1v) is 19.6. The van der Waals surface area contributed by atoms with E-state index < -0.39 is 21.1 Å². The van der Waals surface area contributed by atoms with Crippen molar-refractivity contribution in [2.45, 2.75) is 9.65 Å². The Morgan fingerprint density at radius 3 is 1.38 bits per heavy atom. The van der Waals surface area contributed by atoms with E-state index in [0.29, 0.717) is 23.9 Å². The number of rotatable bonds is 28. The van der Waals surface area contributed by atoms with E-state index in [1.54, 1.807) is 12.2 Å². The molecule has 0 aromatic rings. The molecule has 232 valence electrons. The Morgan fingerprint density at radius 2 is 1.08 bits per heavy atom. The summed E-state index contributed by atoms with van der Waals surface area (Å²) in [5.41, 5.74) is -0.881. The number of alkyl halides is 6. The molecule has 0 aliphatic carbocycles. The maximum atomic E-state index is 13.3. The average Bonchev–Trinajstić information content (AvgIpc) is 2.94. The van der Waals surface area contributed by atoms with Crippen LogP contribution in [0.3, 0.4) is 0 Å². The van der Waals surface area contributed by atoms with Crippen LogP contribution in [0.4, 0.5) is 0 Å². The molecule has 4 unspecified atom stereocenters. The SMILES string of the molecule is C=CCOCC(Br)COP(=O)(OCCCl)OCC(CBr)(CBr)COP(=O)(OCCCl)OCC(Br)COCC=C. The summed E-state index contributed by atoms with van der Waals surface area (Å²) in [6, 6.07) is 0. The zero-order valence-corrected chi connectivity index (χ0v) is 31.0. The summed E-state index contributed by atoms with van der Waals surface area (Å²) in [5, 5.41) is 0.590. The highest BCUT2D eigenvalue weighted by molar-refractivity contribution is 9.10. The molecule has 39 heavy (non-hydrogen) atoms. The van der Waals surface area contributed by atoms with Crippen LogP contribution < -0.4 is 0 Å². The molecule has 0 aliphatic rings. The van der Waals surface area contributed by atoms with Crippen LogP contribution in [0.1, 0.15) is 0 Å². The molecule has 0 N–H and O–H groups in total. The first kappa shape index (κ1) is 41.1. The van der Waals surface area contributed by atoms with Gasteiger partial charge in [0.05, 0.1) is 75.7 Å². The van der Waals surface area contributed by atoms with Crippen molar-refractivity contribution >= 4 is 103 Å². The van der Waals surface area contributed by atoms with Gasteiger partial charge in [0, 0.05) is 27.8 Å². The number of ether oxygens (including phenoxy) is 2. The Balaban J connectivity index is 5.32. The third-order valence-corrected chi connectivity index (χ3v) is 10.7. The fraction of sp³-hybridized carbons (Fsp3) is 0.810. The van der Waals surface area contributed by atoms with Crippen LogP contribution in [-0.2, 0) is 45.7 Å². The second-order valence-corrected chi connectivity index (χ2v) is 15.5. The first-order chi connectivity index (χ1) is 18.6. The fourth-order valence-electron chi connectivity index (χ4n) is 2.18. The molecular formula is C21H36Br4Cl2O10P2. The van der Waals surface area contributed by atoms with Gasteiger partial charge in [-0.1, -0.05) is 75.9 Å². The Bertz CT molecular complexity index is 699. The largest absolute Gasteiger partial charge is 0.474 e. The molecular weight excluding hydrogens is 865 g/mol. The van der Waals surface area contributed by atoms with Crippen molar-refractivity contribution in [3.05, 3.63) is 25.3 Å². The van der Waals surface area contributed by atoms with Gasteiger partial charge >= 0.3 is 15.6 Å². The lowest BCUT2D eigenvalue weighted by molar-refractivity contribution is 0.0434. The summed E-state index contributed by atoms with van der Waals surface area (Å²) in [7, 11) is -8.07. The quantitative estimate of drug-likeness (QED) is 0.0340. The van der Waals surface area contributed by atoms with Gasteiger partial charge in [-0.3, -0.25) is 27.1 Å². The Morgan fingerprint density at radius 1 is 0.692 bits per heavy atom. The Hall–Kier alpha value is 2.12. The van der Waals surface area contributed by atoms with Gasteiger partial charge in [-0.25, -0.2) is 9.13 Å². The second kappa shape index (κ2) is 24.4. The first-order valence-electron chi connectivity index (χ1n) is 11.5. The monoisotopic (exact) mass is 896 g/mol.